The lowest BCUT2D eigenvalue weighted by molar-refractivity contribution is -0.0499. The van der Waals surface area contributed by atoms with Crippen LogP contribution in [0, 0.1) is 0 Å². The number of aryl methyl sites for hydroxylation is 1. The Labute approximate surface area is 175 Å². The Kier molecular flexibility index (Phi) is 5.38. The summed E-state index contributed by atoms with van der Waals surface area (Å²) in [4.78, 5) is 0. The van der Waals surface area contributed by atoms with Crippen LogP contribution in [0.15, 0.2) is 24.4 Å². The number of aromatic nitrogens is 2. The molecule has 0 radical (unpaired) electrons. The molecule has 0 atom stereocenters. The first-order chi connectivity index (χ1) is 14.0. The van der Waals surface area contributed by atoms with E-state index >= 15 is 0 Å². The van der Waals surface area contributed by atoms with E-state index in [-0.39, 0.29) is 27.8 Å². The van der Waals surface area contributed by atoms with E-state index in [9.17, 15) is 43.2 Å². The molecule has 16 heteroatoms. The van der Waals surface area contributed by atoms with Gasteiger partial charge in [0.2, 0.25) is 0 Å². The molecule has 1 aromatic heterocycles. The van der Waals surface area contributed by atoms with Crippen LogP contribution in [-0.2, 0) is 26.6 Å². The quantitative estimate of drug-likeness (QED) is 0.294. The van der Waals surface area contributed by atoms with Crippen LogP contribution in [0.3, 0.4) is 0 Å². The van der Waals surface area contributed by atoms with Crippen molar-refractivity contribution in [3.05, 3.63) is 35.0 Å². The number of rotatable bonds is 4. The van der Waals surface area contributed by atoms with Crippen LogP contribution in [0.25, 0.3) is 21.7 Å². The fourth-order valence-electron chi connectivity index (χ4n) is 2.84. The van der Waals surface area contributed by atoms with Crippen molar-refractivity contribution in [3.63, 3.8) is 0 Å². The van der Waals surface area contributed by atoms with E-state index in [4.69, 9.17) is 11.6 Å². The van der Waals surface area contributed by atoms with Crippen molar-refractivity contribution in [2.24, 2.45) is 0 Å². The normalized spacial score (nSPS) is 13.8. The Morgan fingerprint density at radius 3 is 2.19 bits per heavy atom. The van der Waals surface area contributed by atoms with Gasteiger partial charge in [0.05, 0.1) is 17.1 Å². The van der Waals surface area contributed by atoms with E-state index in [0.29, 0.717) is 6.20 Å². The summed E-state index contributed by atoms with van der Waals surface area (Å²) in [5.41, 5.74) is -12.4. The second-order valence-corrected chi connectivity index (χ2v) is 9.74. The zero-order valence-corrected chi connectivity index (χ0v) is 17.3. The molecule has 3 aromatic rings. The van der Waals surface area contributed by atoms with Crippen molar-refractivity contribution in [3.8, 4) is 5.75 Å². The summed E-state index contributed by atoms with van der Waals surface area (Å²) < 4.78 is 128. The Bertz CT molecular complexity index is 1410. The van der Waals surface area contributed by atoms with E-state index in [0.717, 1.165) is 12.1 Å². The summed E-state index contributed by atoms with van der Waals surface area (Å²) in [6.45, 7) is 1.53. The lowest BCUT2D eigenvalue weighted by Crippen LogP contribution is -2.30. The van der Waals surface area contributed by atoms with Gasteiger partial charge in [0.15, 0.2) is 5.75 Å². The average Bonchev–Trinajstić information content (AvgIpc) is 3.04. The number of nitrogens with zero attached hydrogens (tertiary/aromatic N) is 2. The molecular weight excluding hydrogens is 502 g/mol. The van der Waals surface area contributed by atoms with Crippen LogP contribution in [0.4, 0.5) is 26.3 Å². The Hall–Kier alpha value is -2.26. The van der Waals surface area contributed by atoms with Crippen molar-refractivity contribution in [2.75, 3.05) is 0 Å². The summed E-state index contributed by atoms with van der Waals surface area (Å²) in [7, 11) is -12.4. The Morgan fingerprint density at radius 1 is 1.06 bits per heavy atom. The van der Waals surface area contributed by atoms with Crippen LogP contribution in [0.5, 0.6) is 5.75 Å². The molecule has 0 spiro atoms. The maximum atomic E-state index is 13.0. The third-order valence-corrected chi connectivity index (χ3v) is 6.81. The highest BCUT2D eigenvalue weighted by molar-refractivity contribution is 7.90. The summed E-state index contributed by atoms with van der Waals surface area (Å²) >= 11 is 6.03. The number of benzene rings is 2. The molecule has 0 saturated carbocycles. The predicted molar refractivity (Wildman–Crippen MR) is 97.6 cm³/mol. The topological polar surface area (TPSA) is 95.3 Å². The third kappa shape index (κ3) is 3.67. The van der Waals surface area contributed by atoms with Gasteiger partial charge in [0.1, 0.15) is 0 Å². The monoisotopic (exact) mass is 510 g/mol. The highest BCUT2D eigenvalue weighted by atomic mass is 35.5. The van der Waals surface area contributed by atoms with Gasteiger partial charge >= 0.3 is 31.2 Å². The predicted octanol–water partition coefficient (Wildman–Crippen LogP) is 4.33. The van der Waals surface area contributed by atoms with Crippen molar-refractivity contribution in [1.29, 1.82) is 0 Å². The molecule has 170 valence electrons. The fourth-order valence-corrected chi connectivity index (χ4v) is 4.39. The van der Waals surface area contributed by atoms with E-state index in [1.165, 1.54) is 13.0 Å². The SMILES string of the molecule is CCc1c(Cl)ccc2cc3c(cnn3S(=O)(=O)C(F)(F)F)c(OS(=O)(=O)C(F)(F)F)c12. The molecule has 0 aliphatic heterocycles. The van der Waals surface area contributed by atoms with Crippen molar-refractivity contribution < 1.29 is 47.4 Å². The van der Waals surface area contributed by atoms with E-state index in [1.807, 2.05) is 0 Å². The van der Waals surface area contributed by atoms with Gasteiger partial charge in [-0.15, -0.1) is 4.09 Å². The number of halogens is 7. The standard InChI is InChI=1S/C15H9ClF6N2O5S2/c1-2-8-10(16)4-3-7-5-11-9(6-23-24(11)30(25,26)14(17,18)19)13(12(7)8)29-31(27,28)15(20,21)22/h3-6H,2H2,1H3. The van der Waals surface area contributed by atoms with Gasteiger partial charge in [-0.05, 0) is 29.5 Å². The van der Waals surface area contributed by atoms with Crippen molar-refractivity contribution in [1.82, 2.24) is 9.19 Å². The highest BCUT2D eigenvalue weighted by Crippen LogP contribution is 2.42. The molecule has 0 aliphatic carbocycles. The minimum atomic E-state index is -6.28. The molecule has 3 rings (SSSR count). The van der Waals surface area contributed by atoms with E-state index < -0.39 is 51.9 Å². The Morgan fingerprint density at radius 2 is 1.68 bits per heavy atom. The molecule has 1 heterocycles. The molecule has 0 bridgehead atoms. The van der Waals surface area contributed by atoms with Gasteiger partial charge in [0, 0.05) is 10.4 Å². The zero-order chi connectivity index (χ0) is 23.6. The summed E-state index contributed by atoms with van der Waals surface area (Å²) in [6.07, 6.45) is 0.527. The first-order valence-electron chi connectivity index (χ1n) is 7.97. The molecule has 0 N–H and O–H groups in total. The number of hydrogen-bond donors (Lipinski definition) is 0. The summed E-state index contributed by atoms with van der Waals surface area (Å²) in [5.74, 6) is -1.05. The molecule has 0 saturated heterocycles. The van der Waals surface area contributed by atoms with Crippen LogP contribution >= 0.6 is 11.6 Å². The molecule has 0 unspecified atom stereocenters. The molecule has 0 amide bonds. The molecular formula is C15H9ClF6N2O5S2. The van der Waals surface area contributed by atoms with Crippen molar-refractivity contribution >= 4 is 53.4 Å². The summed E-state index contributed by atoms with van der Waals surface area (Å²) in [6, 6.07) is 3.31. The number of alkyl halides is 6. The smallest absolute Gasteiger partial charge is 0.375 e. The summed E-state index contributed by atoms with van der Waals surface area (Å²) in [5, 5.41) is 2.03. The average molecular weight is 511 g/mol. The van der Waals surface area contributed by atoms with Crippen LogP contribution in [0.2, 0.25) is 5.02 Å². The van der Waals surface area contributed by atoms with Crippen LogP contribution in [0.1, 0.15) is 12.5 Å². The zero-order valence-electron chi connectivity index (χ0n) is 14.9. The van der Waals surface area contributed by atoms with Crippen molar-refractivity contribution in [2.45, 2.75) is 24.4 Å². The third-order valence-electron chi connectivity index (χ3n) is 4.18. The molecule has 0 fully saturated rings. The highest BCUT2D eigenvalue weighted by Gasteiger charge is 2.50. The van der Waals surface area contributed by atoms with Crippen LogP contribution in [-0.4, -0.2) is 37.0 Å². The molecule has 31 heavy (non-hydrogen) atoms. The maximum absolute atomic E-state index is 13.0. The lowest BCUT2D eigenvalue weighted by atomic mass is 10.00. The van der Waals surface area contributed by atoms with Crippen LogP contribution < -0.4 is 4.18 Å². The number of fused-ring (bicyclic) bond motifs is 2. The maximum Gasteiger partial charge on any atom is 0.534 e. The minimum absolute atomic E-state index is 0.0129. The second kappa shape index (κ2) is 7.13. The Balaban J connectivity index is 2.52. The lowest BCUT2D eigenvalue weighted by Gasteiger charge is -2.16. The van der Waals surface area contributed by atoms with Gasteiger partial charge in [-0.1, -0.05) is 24.6 Å². The fraction of sp³-hybridized carbons (Fsp3) is 0.267. The second-order valence-electron chi connectivity index (χ2n) is 6.04. The van der Waals surface area contributed by atoms with E-state index in [2.05, 4.69) is 9.28 Å². The largest absolute Gasteiger partial charge is 0.534 e. The van der Waals surface area contributed by atoms with Gasteiger partial charge < -0.3 is 4.18 Å². The minimum Gasteiger partial charge on any atom is -0.375 e. The molecule has 0 aliphatic rings. The van der Waals surface area contributed by atoms with Gasteiger partial charge in [0.25, 0.3) is 0 Å². The van der Waals surface area contributed by atoms with Gasteiger partial charge in [-0.25, -0.2) is 0 Å². The molecule has 2 aromatic carbocycles. The molecule has 7 nitrogen and oxygen atoms in total. The first kappa shape index (κ1) is 23.4. The number of hydrogen-bond acceptors (Lipinski definition) is 6. The van der Waals surface area contributed by atoms with E-state index in [1.54, 1.807) is 0 Å². The van der Waals surface area contributed by atoms with Gasteiger partial charge in [-0.3, -0.25) is 0 Å². The van der Waals surface area contributed by atoms with Gasteiger partial charge in [-0.2, -0.15) is 48.3 Å². The first-order valence-corrected chi connectivity index (χ1v) is 11.2.